The number of nitrogens with zero attached hydrogens (tertiary/aromatic N) is 4. The van der Waals surface area contributed by atoms with Crippen molar-refractivity contribution in [1.29, 1.82) is 0 Å². The molecule has 0 fully saturated rings. The van der Waals surface area contributed by atoms with E-state index < -0.39 is 0 Å². The second-order valence-electron chi connectivity index (χ2n) is 3.04. The summed E-state index contributed by atoms with van der Waals surface area (Å²) in [5.74, 6) is 0.961. The summed E-state index contributed by atoms with van der Waals surface area (Å²) in [5, 5.41) is 10.3. The number of thiophene rings is 1. The molecule has 0 aliphatic heterocycles. The fourth-order valence-corrected chi connectivity index (χ4v) is 2.35. The summed E-state index contributed by atoms with van der Waals surface area (Å²) in [6.07, 6.45) is 2.67. The lowest BCUT2D eigenvalue weighted by molar-refractivity contribution is 0.900. The first kappa shape index (κ1) is 7.87. The van der Waals surface area contributed by atoms with E-state index in [1.165, 1.54) is 0 Å². The van der Waals surface area contributed by atoms with E-state index in [1.807, 2.05) is 15.8 Å². The van der Waals surface area contributed by atoms with Crippen molar-refractivity contribution in [2.75, 3.05) is 0 Å². The fraction of sp³-hybridized carbons (Fsp3) is 0.222. The first-order chi connectivity index (χ1) is 6.90. The minimum atomic E-state index is 0.875. The van der Waals surface area contributed by atoms with E-state index in [9.17, 15) is 0 Å². The van der Waals surface area contributed by atoms with Crippen LogP contribution in [-0.4, -0.2) is 19.6 Å². The Morgan fingerprint density at radius 2 is 2.36 bits per heavy atom. The molecule has 0 aromatic carbocycles. The number of fused-ring (bicyclic) bond motifs is 3. The smallest absolute Gasteiger partial charge is 0.181 e. The molecule has 0 N–H and O–H groups in total. The van der Waals surface area contributed by atoms with Crippen molar-refractivity contribution in [3.8, 4) is 0 Å². The highest BCUT2D eigenvalue weighted by Crippen LogP contribution is 2.22. The van der Waals surface area contributed by atoms with Crippen LogP contribution in [0.15, 0.2) is 17.8 Å². The summed E-state index contributed by atoms with van der Waals surface area (Å²) in [6, 6.07) is 2.00. The molecule has 5 heteroatoms. The lowest BCUT2D eigenvalue weighted by Crippen LogP contribution is -1.92. The van der Waals surface area contributed by atoms with E-state index in [2.05, 4.69) is 22.1 Å². The maximum atomic E-state index is 4.34. The third-order valence-corrected chi connectivity index (χ3v) is 3.14. The molecule has 0 aliphatic carbocycles. The molecule has 0 amide bonds. The molecule has 14 heavy (non-hydrogen) atoms. The van der Waals surface area contributed by atoms with E-state index in [1.54, 1.807) is 17.7 Å². The van der Waals surface area contributed by atoms with E-state index in [0.717, 1.165) is 28.1 Å². The van der Waals surface area contributed by atoms with Crippen LogP contribution in [0.4, 0.5) is 0 Å². The zero-order chi connectivity index (χ0) is 9.54. The number of hydrogen-bond donors (Lipinski definition) is 0. The lowest BCUT2D eigenvalue weighted by Gasteiger charge is -1.95. The summed E-state index contributed by atoms with van der Waals surface area (Å²) >= 11 is 1.65. The molecular weight excluding hydrogens is 196 g/mol. The second kappa shape index (κ2) is 2.75. The molecule has 0 saturated heterocycles. The number of hydrogen-bond acceptors (Lipinski definition) is 4. The molecular formula is C9H8N4S. The van der Waals surface area contributed by atoms with Crippen molar-refractivity contribution in [2.24, 2.45) is 0 Å². The first-order valence-corrected chi connectivity index (χ1v) is 5.34. The van der Waals surface area contributed by atoms with Gasteiger partial charge in [-0.2, -0.15) is 0 Å². The second-order valence-corrected chi connectivity index (χ2v) is 3.96. The van der Waals surface area contributed by atoms with Gasteiger partial charge in [-0.25, -0.2) is 4.98 Å². The van der Waals surface area contributed by atoms with Gasteiger partial charge in [-0.1, -0.05) is 6.92 Å². The zero-order valence-electron chi connectivity index (χ0n) is 7.64. The Kier molecular flexibility index (Phi) is 1.55. The molecule has 0 bridgehead atoms. The topological polar surface area (TPSA) is 43.1 Å². The van der Waals surface area contributed by atoms with Crippen molar-refractivity contribution in [3.05, 3.63) is 23.6 Å². The van der Waals surface area contributed by atoms with Crippen LogP contribution in [0.5, 0.6) is 0 Å². The average molecular weight is 204 g/mol. The van der Waals surface area contributed by atoms with Gasteiger partial charge in [0.2, 0.25) is 0 Å². The van der Waals surface area contributed by atoms with Crippen molar-refractivity contribution < 1.29 is 0 Å². The summed E-state index contributed by atoms with van der Waals surface area (Å²) < 4.78 is 3.07. The van der Waals surface area contributed by atoms with Gasteiger partial charge in [0.1, 0.15) is 12.2 Å². The Bertz CT molecular complexity index is 595. The summed E-state index contributed by atoms with van der Waals surface area (Å²) in [4.78, 5) is 4.34. The Balaban J connectivity index is 2.52. The first-order valence-electron chi connectivity index (χ1n) is 4.46. The molecule has 0 unspecified atom stereocenters. The normalized spacial score (nSPS) is 11.5. The molecule has 3 rings (SSSR count). The van der Waals surface area contributed by atoms with Gasteiger partial charge in [-0.15, -0.1) is 21.5 Å². The predicted molar refractivity (Wildman–Crippen MR) is 55.5 cm³/mol. The Hall–Kier alpha value is -1.49. The molecule has 4 nitrogen and oxygen atoms in total. The fourth-order valence-electron chi connectivity index (χ4n) is 1.53. The predicted octanol–water partition coefficient (Wildman–Crippen LogP) is 1.90. The molecule has 70 valence electrons. The minimum absolute atomic E-state index is 0.875. The van der Waals surface area contributed by atoms with E-state index in [-0.39, 0.29) is 0 Å². The maximum Gasteiger partial charge on any atom is 0.181 e. The molecule has 3 heterocycles. The van der Waals surface area contributed by atoms with Crippen LogP contribution in [0.1, 0.15) is 12.7 Å². The number of aryl methyl sites for hydroxylation is 1. The van der Waals surface area contributed by atoms with Gasteiger partial charge >= 0.3 is 0 Å². The van der Waals surface area contributed by atoms with Crippen LogP contribution >= 0.6 is 11.3 Å². The number of aromatic nitrogens is 4. The quantitative estimate of drug-likeness (QED) is 0.608. The van der Waals surface area contributed by atoms with E-state index >= 15 is 0 Å². The van der Waals surface area contributed by atoms with Crippen molar-refractivity contribution in [3.63, 3.8) is 0 Å². The van der Waals surface area contributed by atoms with Crippen LogP contribution in [0.25, 0.3) is 15.9 Å². The summed E-state index contributed by atoms with van der Waals surface area (Å²) in [6.45, 7) is 2.06. The maximum absolute atomic E-state index is 4.34. The van der Waals surface area contributed by atoms with Crippen LogP contribution in [0.2, 0.25) is 0 Å². The van der Waals surface area contributed by atoms with E-state index in [0.29, 0.717) is 0 Å². The number of rotatable bonds is 1. The van der Waals surface area contributed by atoms with Crippen LogP contribution in [0, 0.1) is 0 Å². The molecule has 0 spiro atoms. The van der Waals surface area contributed by atoms with Crippen molar-refractivity contribution in [1.82, 2.24) is 19.6 Å². The summed E-state index contributed by atoms with van der Waals surface area (Å²) in [5.41, 5.74) is 1.92. The van der Waals surface area contributed by atoms with E-state index in [4.69, 9.17) is 0 Å². The van der Waals surface area contributed by atoms with Gasteiger partial charge in [0.25, 0.3) is 0 Å². The minimum Gasteiger partial charge on any atom is -0.268 e. The molecule has 0 atom stereocenters. The summed E-state index contributed by atoms with van der Waals surface area (Å²) in [7, 11) is 0. The van der Waals surface area contributed by atoms with Gasteiger partial charge in [0.15, 0.2) is 5.65 Å². The van der Waals surface area contributed by atoms with Crippen molar-refractivity contribution >= 4 is 27.2 Å². The van der Waals surface area contributed by atoms with Gasteiger partial charge < -0.3 is 0 Å². The molecule has 0 radical (unpaired) electrons. The van der Waals surface area contributed by atoms with Gasteiger partial charge in [0, 0.05) is 6.42 Å². The highest BCUT2D eigenvalue weighted by Gasteiger charge is 2.08. The average Bonchev–Trinajstić information content (AvgIpc) is 2.82. The van der Waals surface area contributed by atoms with Gasteiger partial charge in [-0.3, -0.25) is 4.40 Å². The highest BCUT2D eigenvalue weighted by atomic mass is 32.1. The van der Waals surface area contributed by atoms with Crippen LogP contribution < -0.4 is 0 Å². The third kappa shape index (κ3) is 0.899. The molecule has 0 aliphatic rings. The standard InChI is InChI=1S/C9H8N4S/c1-2-7-11-12-9-8-6(3-4-14-8)10-5-13(7)9/h3-5H,2H2,1H3. The van der Waals surface area contributed by atoms with Crippen molar-refractivity contribution in [2.45, 2.75) is 13.3 Å². The zero-order valence-corrected chi connectivity index (χ0v) is 8.45. The lowest BCUT2D eigenvalue weighted by atomic mass is 10.4. The molecule has 0 saturated carbocycles. The van der Waals surface area contributed by atoms with Crippen LogP contribution in [-0.2, 0) is 6.42 Å². The molecule has 3 aromatic heterocycles. The van der Waals surface area contributed by atoms with Crippen LogP contribution in [0.3, 0.4) is 0 Å². The highest BCUT2D eigenvalue weighted by molar-refractivity contribution is 7.17. The van der Waals surface area contributed by atoms with Gasteiger partial charge in [0.05, 0.1) is 10.2 Å². The Morgan fingerprint density at radius 3 is 3.21 bits per heavy atom. The monoisotopic (exact) mass is 204 g/mol. The Morgan fingerprint density at radius 1 is 1.43 bits per heavy atom. The van der Waals surface area contributed by atoms with Gasteiger partial charge in [-0.05, 0) is 11.4 Å². The largest absolute Gasteiger partial charge is 0.268 e. The SMILES string of the molecule is CCc1nnc2c3sccc3ncn12. The third-order valence-electron chi connectivity index (χ3n) is 2.24. The Labute approximate surface area is 84.2 Å². The molecule has 3 aromatic rings.